The first kappa shape index (κ1) is 14.7. The number of fused-ring (bicyclic) bond motifs is 1. The Morgan fingerprint density at radius 2 is 2.36 bits per heavy atom. The Morgan fingerprint density at radius 3 is 3.14 bits per heavy atom. The number of carbonyl (C=O) groups excluding carboxylic acids is 1. The van der Waals surface area contributed by atoms with Crippen molar-refractivity contribution in [2.24, 2.45) is 0 Å². The van der Waals surface area contributed by atoms with Gasteiger partial charge in [-0.3, -0.25) is 4.79 Å². The molecular weight excluding hydrogens is 304 g/mol. The Hall–Kier alpha value is -2.21. The fourth-order valence-electron chi connectivity index (χ4n) is 2.66. The van der Waals surface area contributed by atoms with Gasteiger partial charge in [-0.15, -0.1) is 0 Å². The van der Waals surface area contributed by atoms with Crippen LogP contribution in [0.4, 0.5) is 5.69 Å². The van der Waals surface area contributed by atoms with Crippen LogP contribution in [0.3, 0.4) is 0 Å². The summed E-state index contributed by atoms with van der Waals surface area (Å²) in [5, 5.41) is 3.36. The second-order valence-electron chi connectivity index (χ2n) is 5.28. The summed E-state index contributed by atoms with van der Waals surface area (Å²) in [5.41, 5.74) is 6.51. The third-order valence-electron chi connectivity index (χ3n) is 3.83. The largest absolute Gasteiger partial charge is 0.496 e. The maximum atomic E-state index is 12.5. The zero-order valence-electron chi connectivity index (χ0n) is 12.2. The van der Waals surface area contributed by atoms with Crippen molar-refractivity contribution in [3.63, 3.8) is 0 Å². The van der Waals surface area contributed by atoms with E-state index in [1.807, 2.05) is 6.20 Å². The lowest BCUT2D eigenvalue weighted by Crippen LogP contribution is -2.41. The Labute approximate surface area is 133 Å². The topological polar surface area (TPSA) is 82.2 Å². The lowest BCUT2D eigenvalue weighted by Gasteiger charge is -2.25. The predicted molar refractivity (Wildman–Crippen MR) is 84.2 cm³/mol. The lowest BCUT2D eigenvalue weighted by atomic mass is 10.1. The summed E-state index contributed by atoms with van der Waals surface area (Å²) in [6.45, 7) is 0.714. The molecule has 0 aliphatic carbocycles. The average molecular weight is 321 g/mol. The average Bonchev–Trinajstić information content (AvgIpc) is 2.97. The Morgan fingerprint density at radius 1 is 1.55 bits per heavy atom. The van der Waals surface area contributed by atoms with Crippen LogP contribution in [0.5, 0.6) is 5.75 Å². The van der Waals surface area contributed by atoms with Crippen molar-refractivity contribution in [1.29, 1.82) is 0 Å². The van der Waals surface area contributed by atoms with Crippen LogP contribution in [-0.4, -0.2) is 28.6 Å². The number of hydrogen-bond donors (Lipinski definition) is 2. The molecule has 0 bridgehead atoms. The van der Waals surface area contributed by atoms with Gasteiger partial charge in [-0.05, 0) is 12.5 Å². The maximum Gasteiger partial charge on any atom is 0.255 e. The van der Waals surface area contributed by atoms with Crippen LogP contribution in [0.2, 0.25) is 5.02 Å². The van der Waals surface area contributed by atoms with Gasteiger partial charge in [0.25, 0.3) is 5.91 Å². The van der Waals surface area contributed by atoms with Gasteiger partial charge in [-0.25, -0.2) is 4.98 Å². The molecule has 3 rings (SSSR count). The van der Waals surface area contributed by atoms with E-state index in [1.165, 1.54) is 13.2 Å². The van der Waals surface area contributed by atoms with E-state index in [9.17, 15) is 4.79 Å². The number of nitrogens with one attached hydrogen (secondary N) is 1. The molecule has 0 saturated carbocycles. The molecule has 22 heavy (non-hydrogen) atoms. The van der Waals surface area contributed by atoms with Gasteiger partial charge < -0.3 is 20.4 Å². The third-order valence-corrected chi connectivity index (χ3v) is 4.16. The minimum atomic E-state index is -0.215. The Balaban J connectivity index is 1.77. The first-order valence-corrected chi connectivity index (χ1v) is 7.40. The van der Waals surface area contributed by atoms with E-state index >= 15 is 0 Å². The maximum absolute atomic E-state index is 12.5. The molecule has 1 amide bonds. The van der Waals surface area contributed by atoms with Crippen LogP contribution in [0.15, 0.2) is 24.5 Å². The zero-order chi connectivity index (χ0) is 15.7. The molecule has 7 heteroatoms. The fraction of sp³-hybridized carbons (Fsp3) is 0.333. The summed E-state index contributed by atoms with van der Waals surface area (Å²) < 4.78 is 7.28. The fourth-order valence-corrected chi connectivity index (χ4v) is 2.83. The number of amides is 1. The van der Waals surface area contributed by atoms with E-state index < -0.39 is 0 Å². The Bertz CT molecular complexity index is 714. The van der Waals surface area contributed by atoms with Gasteiger partial charge in [0.2, 0.25) is 0 Å². The summed E-state index contributed by atoms with van der Waals surface area (Å²) in [4.78, 5) is 16.8. The minimum Gasteiger partial charge on any atom is -0.496 e. The van der Waals surface area contributed by atoms with Gasteiger partial charge in [0.05, 0.1) is 23.4 Å². The number of halogens is 1. The molecule has 6 nitrogen and oxygen atoms in total. The normalized spacial score (nSPS) is 16.9. The number of imidazole rings is 1. The van der Waals surface area contributed by atoms with Gasteiger partial charge in [0.1, 0.15) is 11.6 Å². The number of carbonyl (C=O) groups is 1. The number of aryl methyl sites for hydroxylation is 1. The molecule has 1 aliphatic heterocycles. The molecule has 0 radical (unpaired) electrons. The van der Waals surface area contributed by atoms with Crippen LogP contribution in [0.1, 0.15) is 22.6 Å². The molecule has 116 valence electrons. The summed E-state index contributed by atoms with van der Waals surface area (Å²) in [6, 6.07) is 3.15. The van der Waals surface area contributed by atoms with Crippen molar-refractivity contribution in [3.8, 4) is 5.75 Å². The number of aromatic nitrogens is 2. The molecule has 1 atom stereocenters. The monoisotopic (exact) mass is 320 g/mol. The number of methoxy groups -OCH3 is 1. The molecule has 0 saturated heterocycles. The van der Waals surface area contributed by atoms with Crippen LogP contribution < -0.4 is 15.8 Å². The molecular formula is C15H17ClN4O2. The molecule has 2 heterocycles. The van der Waals surface area contributed by atoms with E-state index in [0.29, 0.717) is 28.6 Å². The van der Waals surface area contributed by atoms with E-state index in [2.05, 4.69) is 14.9 Å². The highest BCUT2D eigenvalue weighted by molar-refractivity contribution is 6.33. The predicted octanol–water partition coefficient (Wildman–Crippen LogP) is 1.87. The molecule has 1 aromatic heterocycles. The van der Waals surface area contributed by atoms with Crippen LogP contribution >= 0.6 is 11.6 Å². The number of nitrogen functional groups attached to an aromatic ring is 1. The van der Waals surface area contributed by atoms with Gasteiger partial charge >= 0.3 is 0 Å². The summed E-state index contributed by atoms with van der Waals surface area (Å²) in [5.74, 6) is 1.25. The zero-order valence-corrected chi connectivity index (χ0v) is 12.9. The second-order valence-corrected chi connectivity index (χ2v) is 5.69. The van der Waals surface area contributed by atoms with Crippen molar-refractivity contribution < 1.29 is 9.53 Å². The quantitative estimate of drug-likeness (QED) is 0.846. The van der Waals surface area contributed by atoms with E-state index in [1.54, 1.807) is 12.3 Å². The minimum absolute atomic E-state index is 0.0511. The van der Waals surface area contributed by atoms with Crippen molar-refractivity contribution in [1.82, 2.24) is 14.9 Å². The first-order valence-electron chi connectivity index (χ1n) is 7.02. The first-order chi connectivity index (χ1) is 10.6. The third kappa shape index (κ3) is 2.74. The van der Waals surface area contributed by atoms with Crippen molar-refractivity contribution in [2.45, 2.75) is 25.4 Å². The molecule has 0 spiro atoms. The second kappa shape index (κ2) is 5.88. The van der Waals surface area contributed by atoms with E-state index in [0.717, 1.165) is 18.7 Å². The SMILES string of the molecule is COc1cc(N)c(Cl)cc1C(=O)NC1CCc2nccn2C1. The standard InChI is InChI=1S/C15H17ClN4O2/c1-22-13-7-12(17)11(16)6-10(13)15(21)19-9-2-3-14-18-4-5-20(14)8-9/h4-7,9H,2-3,8,17H2,1H3,(H,19,21). The van der Waals surface area contributed by atoms with Crippen LogP contribution in [-0.2, 0) is 13.0 Å². The molecule has 3 N–H and O–H groups in total. The van der Waals surface area contributed by atoms with Crippen molar-refractivity contribution >= 4 is 23.2 Å². The van der Waals surface area contributed by atoms with Gasteiger partial charge in [0.15, 0.2) is 0 Å². The van der Waals surface area contributed by atoms with Gasteiger partial charge in [0, 0.05) is 37.5 Å². The number of rotatable bonds is 3. The van der Waals surface area contributed by atoms with Crippen molar-refractivity contribution in [3.05, 3.63) is 40.9 Å². The smallest absolute Gasteiger partial charge is 0.255 e. The van der Waals surface area contributed by atoms with Crippen molar-refractivity contribution in [2.75, 3.05) is 12.8 Å². The van der Waals surface area contributed by atoms with E-state index in [4.69, 9.17) is 22.1 Å². The summed E-state index contributed by atoms with van der Waals surface area (Å²) in [6.07, 6.45) is 5.40. The Kier molecular flexibility index (Phi) is 3.94. The highest BCUT2D eigenvalue weighted by Crippen LogP contribution is 2.29. The molecule has 1 aliphatic rings. The molecule has 1 aromatic carbocycles. The van der Waals surface area contributed by atoms with E-state index in [-0.39, 0.29) is 11.9 Å². The molecule has 0 fully saturated rings. The summed E-state index contributed by atoms with van der Waals surface area (Å²) >= 11 is 6.01. The van der Waals surface area contributed by atoms with Gasteiger partial charge in [-0.1, -0.05) is 11.6 Å². The molecule has 1 unspecified atom stereocenters. The van der Waals surface area contributed by atoms with Crippen LogP contribution in [0.25, 0.3) is 0 Å². The lowest BCUT2D eigenvalue weighted by molar-refractivity contribution is 0.0924. The highest BCUT2D eigenvalue weighted by atomic mass is 35.5. The summed E-state index contributed by atoms with van der Waals surface area (Å²) in [7, 11) is 1.50. The number of hydrogen-bond acceptors (Lipinski definition) is 4. The molecule has 2 aromatic rings. The van der Waals surface area contributed by atoms with Crippen LogP contribution in [0, 0.1) is 0 Å². The number of ether oxygens (including phenoxy) is 1. The number of nitrogens with zero attached hydrogens (tertiary/aromatic N) is 2. The number of anilines is 1. The number of nitrogens with two attached hydrogens (primary N) is 1. The van der Waals surface area contributed by atoms with Gasteiger partial charge in [-0.2, -0.15) is 0 Å². The number of benzene rings is 1. The highest BCUT2D eigenvalue weighted by Gasteiger charge is 2.22.